The average Bonchev–Trinajstić information content (AvgIpc) is 2.51. The number of rotatable bonds is 0. The van der Waals surface area contributed by atoms with Crippen LogP contribution in [0.25, 0.3) is 0 Å². The van der Waals surface area contributed by atoms with Crippen LogP contribution in [0.3, 0.4) is 0 Å². The Morgan fingerprint density at radius 2 is 1.61 bits per heavy atom. The summed E-state index contributed by atoms with van der Waals surface area (Å²) in [4.78, 5) is 0. The fraction of sp³-hybridized carbons (Fsp3) is 0.739. The van der Waals surface area contributed by atoms with Crippen molar-refractivity contribution in [3.63, 3.8) is 0 Å². The van der Waals surface area contributed by atoms with Crippen LogP contribution in [0.15, 0.2) is 24.3 Å². The van der Waals surface area contributed by atoms with E-state index in [4.69, 9.17) is 0 Å². The topological polar surface area (TPSA) is 0 Å². The van der Waals surface area contributed by atoms with E-state index in [0.717, 1.165) is 17.8 Å². The van der Waals surface area contributed by atoms with Crippen LogP contribution in [0.1, 0.15) is 77.8 Å². The smallest absolute Gasteiger partial charge is 0.00388 e. The zero-order valence-corrected chi connectivity index (χ0v) is 15.8. The first-order valence-electron chi connectivity index (χ1n) is 9.88. The highest BCUT2D eigenvalue weighted by Gasteiger charge is 2.60. The molecule has 4 rings (SSSR count). The molecule has 0 aliphatic heterocycles. The molecule has 3 aliphatic carbocycles. The molecule has 1 aromatic carbocycles. The van der Waals surface area contributed by atoms with E-state index in [2.05, 4.69) is 58.9 Å². The van der Waals surface area contributed by atoms with Crippen molar-refractivity contribution in [1.29, 1.82) is 0 Å². The van der Waals surface area contributed by atoms with Gasteiger partial charge in [-0.25, -0.2) is 0 Å². The summed E-state index contributed by atoms with van der Waals surface area (Å²) in [5.74, 6) is 2.65. The molecule has 0 N–H and O–H groups in total. The predicted octanol–water partition coefficient (Wildman–Crippen LogP) is 6.38. The first kappa shape index (κ1) is 15.7. The molecule has 23 heavy (non-hydrogen) atoms. The summed E-state index contributed by atoms with van der Waals surface area (Å²) in [7, 11) is 0. The van der Waals surface area contributed by atoms with E-state index >= 15 is 0 Å². The van der Waals surface area contributed by atoms with Gasteiger partial charge in [-0.2, -0.15) is 0 Å². The number of hydrogen-bond donors (Lipinski definition) is 0. The summed E-state index contributed by atoms with van der Waals surface area (Å²) < 4.78 is 0. The van der Waals surface area contributed by atoms with Gasteiger partial charge in [0.2, 0.25) is 0 Å². The Morgan fingerprint density at radius 1 is 0.870 bits per heavy atom. The van der Waals surface area contributed by atoms with Crippen LogP contribution in [0.2, 0.25) is 0 Å². The largest absolute Gasteiger partial charge is 0.0620 e. The van der Waals surface area contributed by atoms with Crippen molar-refractivity contribution in [2.45, 2.75) is 78.6 Å². The van der Waals surface area contributed by atoms with E-state index in [0.29, 0.717) is 16.2 Å². The van der Waals surface area contributed by atoms with Gasteiger partial charge in [0.05, 0.1) is 0 Å². The average molecular weight is 311 g/mol. The molecule has 0 nitrogen and oxygen atoms in total. The zero-order valence-electron chi connectivity index (χ0n) is 15.8. The zero-order chi connectivity index (χ0) is 16.5. The molecule has 2 fully saturated rings. The SMILES string of the molecule is CC1CCC2(C)C3CCc4ccccc4C3(C)CCC2C1(C)C. The number of fused-ring (bicyclic) bond motifs is 5. The Labute approximate surface area is 143 Å². The molecule has 126 valence electrons. The summed E-state index contributed by atoms with van der Waals surface area (Å²) in [5.41, 5.74) is 4.78. The summed E-state index contributed by atoms with van der Waals surface area (Å²) >= 11 is 0. The van der Waals surface area contributed by atoms with Gasteiger partial charge in [0.15, 0.2) is 0 Å². The van der Waals surface area contributed by atoms with E-state index in [9.17, 15) is 0 Å². The molecule has 0 radical (unpaired) electrons. The Balaban J connectivity index is 1.80. The van der Waals surface area contributed by atoms with Gasteiger partial charge in [-0.1, -0.05) is 58.9 Å². The van der Waals surface area contributed by atoms with Crippen molar-refractivity contribution in [3.05, 3.63) is 35.4 Å². The minimum atomic E-state index is 0.413. The summed E-state index contributed by atoms with van der Waals surface area (Å²) in [5, 5.41) is 0. The number of benzene rings is 1. The van der Waals surface area contributed by atoms with Crippen LogP contribution in [-0.4, -0.2) is 0 Å². The fourth-order valence-corrected chi connectivity index (χ4v) is 7.30. The lowest BCUT2D eigenvalue weighted by atomic mass is 9.39. The molecule has 0 bridgehead atoms. The molecule has 0 heterocycles. The molecule has 5 atom stereocenters. The lowest BCUT2D eigenvalue weighted by molar-refractivity contribution is -0.131. The van der Waals surface area contributed by atoms with E-state index in [1.165, 1.54) is 38.5 Å². The van der Waals surface area contributed by atoms with Crippen molar-refractivity contribution in [2.75, 3.05) is 0 Å². The van der Waals surface area contributed by atoms with Gasteiger partial charge in [-0.05, 0) is 83.7 Å². The second kappa shape index (κ2) is 4.87. The second-order valence-corrected chi connectivity index (χ2v) is 10.0. The van der Waals surface area contributed by atoms with Gasteiger partial charge in [0.25, 0.3) is 0 Å². The van der Waals surface area contributed by atoms with Crippen molar-refractivity contribution in [3.8, 4) is 0 Å². The summed E-state index contributed by atoms with van der Waals surface area (Å²) in [6.07, 6.45) is 8.40. The van der Waals surface area contributed by atoms with Gasteiger partial charge in [0.1, 0.15) is 0 Å². The van der Waals surface area contributed by atoms with Crippen molar-refractivity contribution in [2.24, 2.45) is 28.6 Å². The van der Waals surface area contributed by atoms with Crippen molar-refractivity contribution >= 4 is 0 Å². The van der Waals surface area contributed by atoms with Crippen LogP contribution in [0.4, 0.5) is 0 Å². The Hall–Kier alpha value is -0.780. The third-order valence-electron chi connectivity index (χ3n) is 8.93. The molecule has 0 aromatic heterocycles. The molecule has 3 aliphatic rings. The predicted molar refractivity (Wildman–Crippen MR) is 98.6 cm³/mol. The monoisotopic (exact) mass is 310 g/mol. The number of hydrogen-bond acceptors (Lipinski definition) is 0. The number of aryl methyl sites for hydroxylation is 1. The maximum absolute atomic E-state index is 2.67. The summed E-state index contributed by atoms with van der Waals surface area (Å²) in [6.45, 7) is 12.9. The summed E-state index contributed by atoms with van der Waals surface area (Å²) in [6, 6.07) is 9.34. The molecular weight excluding hydrogens is 276 g/mol. The van der Waals surface area contributed by atoms with Gasteiger partial charge in [0, 0.05) is 0 Å². The normalized spacial score (nSPS) is 44.8. The van der Waals surface area contributed by atoms with Crippen LogP contribution >= 0.6 is 0 Å². The maximum Gasteiger partial charge on any atom is -0.00388 e. The fourth-order valence-electron chi connectivity index (χ4n) is 7.30. The molecule has 0 heteroatoms. The third-order valence-corrected chi connectivity index (χ3v) is 8.93. The van der Waals surface area contributed by atoms with Gasteiger partial charge < -0.3 is 0 Å². The second-order valence-electron chi connectivity index (χ2n) is 10.0. The first-order chi connectivity index (χ1) is 10.8. The molecule has 1 aromatic rings. The Morgan fingerprint density at radius 3 is 2.39 bits per heavy atom. The molecule has 5 unspecified atom stereocenters. The van der Waals surface area contributed by atoms with E-state index in [-0.39, 0.29) is 0 Å². The van der Waals surface area contributed by atoms with Crippen LogP contribution in [0, 0.1) is 28.6 Å². The highest BCUT2D eigenvalue weighted by atomic mass is 14.6. The molecular formula is C23H34. The first-order valence-corrected chi connectivity index (χ1v) is 9.88. The van der Waals surface area contributed by atoms with Crippen molar-refractivity contribution in [1.82, 2.24) is 0 Å². The third kappa shape index (κ3) is 1.96. The van der Waals surface area contributed by atoms with Crippen molar-refractivity contribution < 1.29 is 0 Å². The molecule has 0 saturated heterocycles. The van der Waals surface area contributed by atoms with Gasteiger partial charge in [-0.3, -0.25) is 0 Å². The van der Waals surface area contributed by atoms with E-state index in [1.807, 2.05) is 0 Å². The lowest BCUT2D eigenvalue weighted by Gasteiger charge is -2.65. The Kier molecular flexibility index (Phi) is 3.33. The molecule has 0 amide bonds. The van der Waals surface area contributed by atoms with Gasteiger partial charge >= 0.3 is 0 Å². The molecule has 2 saturated carbocycles. The highest BCUT2D eigenvalue weighted by molar-refractivity contribution is 5.39. The van der Waals surface area contributed by atoms with Gasteiger partial charge in [-0.15, -0.1) is 0 Å². The minimum absolute atomic E-state index is 0.413. The Bertz CT molecular complexity index is 612. The van der Waals surface area contributed by atoms with E-state index < -0.39 is 0 Å². The highest BCUT2D eigenvalue weighted by Crippen LogP contribution is 2.67. The lowest BCUT2D eigenvalue weighted by Crippen LogP contribution is -2.59. The standard InChI is InChI=1S/C23H34/c1-16-12-14-23(5)19(21(16,2)3)13-15-22(4)18-9-7-6-8-17(18)10-11-20(22)23/h6-9,16,19-20H,10-15H2,1-5H3. The van der Waals surface area contributed by atoms with E-state index in [1.54, 1.807) is 11.1 Å². The van der Waals surface area contributed by atoms with Crippen LogP contribution < -0.4 is 0 Å². The quantitative estimate of drug-likeness (QED) is 0.521. The molecule has 0 spiro atoms. The van der Waals surface area contributed by atoms with Crippen LogP contribution in [-0.2, 0) is 11.8 Å². The maximum atomic E-state index is 2.67. The minimum Gasteiger partial charge on any atom is -0.0620 e. The van der Waals surface area contributed by atoms with Crippen LogP contribution in [0.5, 0.6) is 0 Å².